The van der Waals surface area contributed by atoms with Crippen molar-refractivity contribution in [2.75, 3.05) is 26.2 Å². The van der Waals surface area contributed by atoms with Gasteiger partial charge in [0.15, 0.2) is 0 Å². The molecule has 0 saturated carbocycles. The third-order valence-electron chi connectivity index (χ3n) is 4.25. The first-order chi connectivity index (χ1) is 11.2. The zero-order valence-electron chi connectivity index (χ0n) is 13.1. The van der Waals surface area contributed by atoms with E-state index >= 15 is 0 Å². The first-order valence-corrected chi connectivity index (χ1v) is 7.90. The van der Waals surface area contributed by atoms with Crippen LogP contribution in [0.5, 0.6) is 0 Å². The minimum Gasteiger partial charge on any atom is -0.388 e. The second-order valence-electron chi connectivity index (χ2n) is 5.99. The van der Waals surface area contributed by atoms with E-state index in [4.69, 9.17) is 5.11 Å². The van der Waals surface area contributed by atoms with E-state index in [2.05, 4.69) is 26.8 Å². The second kappa shape index (κ2) is 6.93. The van der Waals surface area contributed by atoms with Gasteiger partial charge >= 0.3 is 0 Å². The lowest BCUT2D eigenvalue weighted by Gasteiger charge is -2.14. The van der Waals surface area contributed by atoms with Crippen molar-refractivity contribution in [1.82, 2.24) is 20.2 Å². The van der Waals surface area contributed by atoms with E-state index in [1.807, 2.05) is 6.08 Å². The minimum absolute atomic E-state index is 0.0748. The average molecular weight is 314 g/mol. The van der Waals surface area contributed by atoms with Crippen LogP contribution in [0.1, 0.15) is 22.6 Å². The SMILES string of the molecule is C=CCN1CC[C@H](CNC(=O)c2ccc3nc(CO)[nH]c3c2)C1. The summed E-state index contributed by atoms with van der Waals surface area (Å²) in [6.45, 7) is 7.29. The highest BCUT2D eigenvalue weighted by atomic mass is 16.3. The van der Waals surface area contributed by atoms with Gasteiger partial charge in [-0.2, -0.15) is 0 Å². The number of fused-ring (bicyclic) bond motifs is 1. The Hall–Kier alpha value is -2.18. The number of rotatable bonds is 6. The number of nitrogens with zero attached hydrogens (tertiary/aromatic N) is 2. The van der Waals surface area contributed by atoms with E-state index in [0.29, 0.717) is 23.9 Å². The summed E-state index contributed by atoms with van der Waals surface area (Å²) in [5.74, 6) is 0.927. The van der Waals surface area contributed by atoms with Gasteiger partial charge in [-0.05, 0) is 37.1 Å². The van der Waals surface area contributed by atoms with E-state index in [0.717, 1.165) is 37.1 Å². The van der Waals surface area contributed by atoms with Gasteiger partial charge < -0.3 is 15.4 Å². The van der Waals surface area contributed by atoms with Crippen LogP contribution in [0.2, 0.25) is 0 Å². The quantitative estimate of drug-likeness (QED) is 0.702. The van der Waals surface area contributed by atoms with Crippen LogP contribution in [0.15, 0.2) is 30.9 Å². The molecule has 0 aliphatic carbocycles. The number of aromatic amines is 1. The molecule has 3 rings (SSSR count). The first kappa shape index (κ1) is 15.7. The molecule has 1 amide bonds. The number of hydrogen-bond acceptors (Lipinski definition) is 4. The number of benzene rings is 1. The predicted octanol–water partition coefficient (Wildman–Crippen LogP) is 1.29. The zero-order valence-corrected chi connectivity index (χ0v) is 13.1. The number of aliphatic hydroxyl groups is 1. The van der Waals surface area contributed by atoms with E-state index in [1.165, 1.54) is 0 Å². The van der Waals surface area contributed by atoms with Crippen LogP contribution in [0.4, 0.5) is 0 Å². The van der Waals surface area contributed by atoms with Crippen LogP contribution in [0.25, 0.3) is 11.0 Å². The Bertz CT molecular complexity index is 710. The molecule has 0 unspecified atom stereocenters. The molecular weight excluding hydrogens is 292 g/mol. The molecule has 1 saturated heterocycles. The molecule has 1 aliphatic rings. The number of carbonyl (C=O) groups is 1. The van der Waals surface area contributed by atoms with Crippen molar-refractivity contribution >= 4 is 16.9 Å². The molecule has 1 fully saturated rings. The maximum absolute atomic E-state index is 12.3. The van der Waals surface area contributed by atoms with Gasteiger partial charge in [0.2, 0.25) is 0 Å². The first-order valence-electron chi connectivity index (χ1n) is 7.90. The summed E-state index contributed by atoms with van der Waals surface area (Å²) in [5.41, 5.74) is 2.12. The van der Waals surface area contributed by atoms with Crippen LogP contribution < -0.4 is 5.32 Å². The summed E-state index contributed by atoms with van der Waals surface area (Å²) < 4.78 is 0. The van der Waals surface area contributed by atoms with E-state index in [-0.39, 0.29) is 12.5 Å². The highest BCUT2D eigenvalue weighted by molar-refractivity contribution is 5.97. The highest BCUT2D eigenvalue weighted by Gasteiger charge is 2.22. The summed E-state index contributed by atoms with van der Waals surface area (Å²) in [5, 5.41) is 12.1. The van der Waals surface area contributed by atoms with Crippen molar-refractivity contribution in [2.45, 2.75) is 13.0 Å². The topological polar surface area (TPSA) is 81.2 Å². The average Bonchev–Trinajstić information content (AvgIpc) is 3.18. The molecule has 1 aromatic heterocycles. The molecule has 1 atom stereocenters. The number of amides is 1. The molecule has 6 nitrogen and oxygen atoms in total. The van der Waals surface area contributed by atoms with Gasteiger partial charge in [0, 0.05) is 25.2 Å². The molecule has 6 heteroatoms. The molecule has 0 spiro atoms. The Balaban J connectivity index is 1.59. The van der Waals surface area contributed by atoms with Crippen LogP contribution in [-0.2, 0) is 6.61 Å². The van der Waals surface area contributed by atoms with E-state index in [1.54, 1.807) is 18.2 Å². The Morgan fingerprint density at radius 3 is 3.22 bits per heavy atom. The number of imidazole rings is 1. The van der Waals surface area contributed by atoms with Crippen molar-refractivity contribution in [2.24, 2.45) is 5.92 Å². The van der Waals surface area contributed by atoms with E-state index < -0.39 is 0 Å². The fourth-order valence-electron chi connectivity index (χ4n) is 3.05. The molecule has 1 aliphatic heterocycles. The molecular formula is C17H22N4O2. The van der Waals surface area contributed by atoms with Gasteiger partial charge in [-0.15, -0.1) is 6.58 Å². The number of likely N-dealkylation sites (tertiary alicyclic amines) is 1. The Morgan fingerprint density at radius 1 is 1.57 bits per heavy atom. The van der Waals surface area contributed by atoms with Gasteiger partial charge in [-0.3, -0.25) is 9.69 Å². The molecule has 3 N–H and O–H groups in total. The number of aliphatic hydroxyl groups excluding tert-OH is 1. The van der Waals surface area contributed by atoms with Crippen molar-refractivity contribution < 1.29 is 9.90 Å². The van der Waals surface area contributed by atoms with Crippen molar-refractivity contribution in [1.29, 1.82) is 0 Å². The molecule has 122 valence electrons. The van der Waals surface area contributed by atoms with E-state index in [9.17, 15) is 4.79 Å². The van der Waals surface area contributed by atoms with Crippen LogP contribution >= 0.6 is 0 Å². The standard InChI is InChI=1S/C17H22N4O2/c1-2-6-21-7-5-12(10-21)9-18-17(23)13-3-4-14-15(8-13)20-16(11-22)19-14/h2-4,8,12,22H,1,5-7,9-11H2,(H,18,23)(H,19,20)/t12-/m1/s1. The molecule has 0 bridgehead atoms. The predicted molar refractivity (Wildman–Crippen MR) is 89.1 cm³/mol. The highest BCUT2D eigenvalue weighted by Crippen LogP contribution is 2.16. The Kier molecular flexibility index (Phi) is 4.73. The third kappa shape index (κ3) is 3.60. The third-order valence-corrected chi connectivity index (χ3v) is 4.25. The largest absolute Gasteiger partial charge is 0.388 e. The number of H-pyrrole nitrogens is 1. The smallest absolute Gasteiger partial charge is 0.251 e. The Labute approximate surface area is 135 Å². The molecule has 23 heavy (non-hydrogen) atoms. The molecule has 0 radical (unpaired) electrons. The second-order valence-corrected chi connectivity index (χ2v) is 5.99. The van der Waals surface area contributed by atoms with Crippen LogP contribution in [0.3, 0.4) is 0 Å². The number of aromatic nitrogens is 2. The van der Waals surface area contributed by atoms with Crippen LogP contribution in [0, 0.1) is 5.92 Å². The van der Waals surface area contributed by atoms with Crippen molar-refractivity contribution in [3.63, 3.8) is 0 Å². The fraction of sp³-hybridized carbons (Fsp3) is 0.412. The fourth-order valence-corrected chi connectivity index (χ4v) is 3.05. The van der Waals surface area contributed by atoms with Gasteiger partial charge in [-0.25, -0.2) is 4.98 Å². The summed E-state index contributed by atoms with van der Waals surface area (Å²) in [7, 11) is 0. The van der Waals surface area contributed by atoms with Gasteiger partial charge in [0.1, 0.15) is 12.4 Å². The van der Waals surface area contributed by atoms with Gasteiger partial charge in [0.05, 0.1) is 11.0 Å². The maximum Gasteiger partial charge on any atom is 0.251 e. The summed E-state index contributed by atoms with van der Waals surface area (Å²) in [6, 6.07) is 5.33. The van der Waals surface area contributed by atoms with Crippen molar-refractivity contribution in [3.8, 4) is 0 Å². The minimum atomic E-state index is -0.140. The molecule has 2 heterocycles. The lowest BCUT2D eigenvalue weighted by molar-refractivity contribution is 0.0947. The number of carbonyl (C=O) groups excluding carboxylic acids is 1. The molecule has 1 aromatic carbocycles. The normalized spacial score (nSPS) is 18.4. The maximum atomic E-state index is 12.3. The number of nitrogens with one attached hydrogen (secondary N) is 2. The monoisotopic (exact) mass is 314 g/mol. The lowest BCUT2D eigenvalue weighted by atomic mass is 10.1. The zero-order chi connectivity index (χ0) is 16.2. The van der Waals surface area contributed by atoms with Crippen LogP contribution in [-0.4, -0.2) is 52.1 Å². The lowest BCUT2D eigenvalue weighted by Crippen LogP contribution is -2.31. The Morgan fingerprint density at radius 2 is 2.43 bits per heavy atom. The van der Waals surface area contributed by atoms with Gasteiger partial charge in [-0.1, -0.05) is 6.08 Å². The summed E-state index contributed by atoms with van der Waals surface area (Å²) in [6.07, 6.45) is 3.02. The number of hydrogen-bond donors (Lipinski definition) is 3. The van der Waals surface area contributed by atoms with Crippen molar-refractivity contribution in [3.05, 3.63) is 42.2 Å². The summed E-state index contributed by atoms with van der Waals surface area (Å²) >= 11 is 0. The molecule has 2 aromatic rings. The summed E-state index contributed by atoms with van der Waals surface area (Å²) in [4.78, 5) is 21.9. The van der Waals surface area contributed by atoms with Gasteiger partial charge in [0.25, 0.3) is 5.91 Å².